The molecule has 0 aliphatic carbocycles. The Hall–Kier alpha value is -1.88. The van der Waals surface area contributed by atoms with Gasteiger partial charge in [-0.3, -0.25) is 0 Å². The molecule has 2 heterocycles. The average molecular weight is 246 g/mol. The van der Waals surface area contributed by atoms with Gasteiger partial charge in [0.2, 0.25) is 0 Å². The Morgan fingerprint density at radius 3 is 3.06 bits per heavy atom. The SMILES string of the molecule is CC1OCCC1n1cnc2c(C(=O)O)cccc21. The van der Waals surface area contributed by atoms with Crippen molar-refractivity contribution in [2.24, 2.45) is 0 Å². The highest BCUT2D eigenvalue weighted by Crippen LogP contribution is 2.29. The highest BCUT2D eigenvalue weighted by atomic mass is 16.5. The molecule has 0 radical (unpaired) electrons. The first kappa shape index (κ1) is 11.2. The van der Waals surface area contributed by atoms with E-state index in [2.05, 4.69) is 4.98 Å². The van der Waals surface area contributed by atoms with Crippen molar-refractivity contribution in [3.8, 4) is 0 Å². The summed E-state index contributed by atoms with van der Waals surface area (Å²) in [5.41, 5.74) is 1.65. The first-order chi connectivity index (χ1) is 8.68. The number of rotatable bonds is 2. The zero-order valence-corrected chi connectivity index (χ0v) is 10.0. The van der Waals surface area contributed by atoms with E-state index in [0.717, 1.165) is 18.5 Å². The van der Waals surface area contributed by atoms with Crippen molar-refractivity contribution in [3.63, 3.8) is 0 Å². The first-order valence-corrected chi connectivity index (χ1v) is 5.99. The van der Waals surface area contributed by atoms with Gasteiger partial charge in [0.25, 0.3) is 0 Å². The first-order valence-electron chi connectivity index (χ1n) is 5.99. The van der Waals surface area contributed by atoms with Crippen LogP contribution in [0.1, 0.15) is 29.7 Å². The van der Waals surface area contributed by atoms with E-state index in [1.165, 1.54) is 0 Å². The molecule has 3 rings (SSSR count). The summed E-state index contributed by atoms with van der Waals surface area (Å²) in [7, 11) is 0. The van der Waals surface area contributed by atoms with Gasteiger partial charge in [-0.05, 0) is 25.5 Å². The standard InChI is InChI=1S/C13H14N2O3/c1-8-10(5-6-18-8)15-7-14-12-9(13(16)17)3-2-4-11(12)15/h2-4,7-8,10H,5-6H2,1H3,(H,16,17). The number of carbonyl (C=O) groups is 1. The Morgan fingerprint density at radius 2 is 2.39 bits per heavy atom. The van der Waals surface area contributed by atoms with Crippen molar-refractivity contribution >= 4 is 17.0 Å². The lowest BCUT2D eigenvalue weighted by Crippen LogP contribution is -2.15. The molecule has 0 bridgehead atoms. The fourth-order valence-corrected chi connectivity index (χ4v) is 2.58. The van der Waals surface area contributed by atoms with Crippen LogP contribution in [0.15, 0.2) is 24.5 Å². The maximum Gasteiger partial charge on any atom is 0.337 e. The maximum absolute atomic E-state index is 11.1. The van der Waals surface area contributed by atoms with Gasteiger partial charge in [-0.25, -0.2) is 9.78 Å². The van der Waals surface area contributed by atoms with Gasteiger partial charge in [0.15, 0.2) is 0 Å². The van der Waals surface area contributed by atoms with Crippen LogP contribution in [0.25, 0.3) is 11.0 Å². The summed E-state index contributed by atoms with van der Waals surface area (Å²) in [6.07, 6.45) is 2.78. The lowest BCUT2D eigenvalue weighted by atomic mass is 10.1. The summed E-state index contributed by atoms with van der Waals surface area (Å²) in [5, 5.41) is 9.14. The van der Waals surface area contributed by atoms with Crippen LogP contribution in [0.4, 0.5) is 0 Å². The molecule has 2 aromatic rings. The van der Waals surface area contributed by atoms with Crippen LogP contribution in [0.3, 0.4) is 0 Å². The predicted molar refractivity (Wildman–Crippen MR) is 65.8 cm³/mol. The number of aromatic carboxylic acids is 1. The van der Waals surface area contributed by atoms with Crippen LogP contribution in [0, 0.1) is 0 Å². The number of hydrogen-bond acceptors (Lipinski definition) is 3. The third kappa shape index (κ3) is 1.59. The molecule has 5 heteroatoms. The fourth-order valence-electron chi connectivity index (χ4n) is 2.58. The predicted octanol–water partition coefficient (Wildman–Crippen LogP) is 2.08. The molecule has 1 saturated heterocycles. The number of benzene rings is 1. The molecule has 0 spiro atoms. The van der Waals surface area contributed by atoms with E-state index in [1.807, 2.05) is 17.6 Å². The topological polar surface area (TPSA) is 64.4 Å². The van der Waals surface area contributed by atoms with Crippen molar-refractivity contribution in [1.82, 2.24) is 9.55 Å². The van der Waals surface area contributed by atoms with Crippen molar-refractivity contribution in [2.45, 2.75) is 25.5 Å². The molecule has 1 N–H and O–H groups in total. The molecule has 2 atom stereocenters. The minimum absolute atomic E-state index is 0.135. The lowest BCUT2D eigenvalue weighted by Gasteiger charge is -2.16. The van der Waals surface area contributed by atoms with Gasteiger partial charge in [-0.15, -0.1) is 0 Å². The summed E-state index contributed by atoms with van der Waals surface area (Å²) in [6.45, 7) is 2.77. The van der Waals surface area contributed by atoms with E-state index < -0.39 is 5.97 Å². The molecule has 94 valence electrons. The van der Waals surface area contributed by atoms with Crippen LogP contribution in [0.5, 0.6) is 0 Å². The summed E-state index contributed by atoms with van der Waals surface area (Å²) in [6, 6.07) is 5.47. The van der Waals surface area contributed by atoms with Crippen LogP contribution >= 0.6 is 0 Å². The Labute approximate surface area is 104 Å². The second-order valence-electron chi connectivity index (χ2n) is 4.56. The van der Waals surface area contributed by atoms with E-state index in [0.29, 0.717) is 5.52 Å². The van der Waals surface area contributed by atoms with Crippen LogP contribution in [-0.4, -0.2) is 33.3 Å². The quantitative estimate of drug-likeness (QED) is 0.881. The minimum atomic E-state index is -0.943. The number of ether oxygens (including phenoxy) is 1. The van der Waals surface area contributed by atoms with Gasteiger partial charge in [-0.2, -0.15) is 0 Å². The second kappa shape index (κ2) is 4.10. The lowest BCUT2D eigenvalue weighted by molar-refractivity contribution is 0.0699. The number of hydrogen-bond donors (Lipinski definition) is 1. The minimum Gasteiger partial charge on any atom is -0.478 e. The number of fused-ring (bicyclic) bond motifs is 1. The van der Waals surface area contributed by atoms with Gasteiger partial charge in [-0.1, -0.05) is 6.07 Å². The Kier molecular flexibility index (Phi) is 2.56. The highest BCUT2D eigenvalue weighted by Gasteiger charge is 2.27. The smallest absolute Gasteiger partial charge is 0.337 e. The van der Waals surface area contributed by atoms with Crippen LogP contribution < -0.4 is 0 Å². The van der Waals surface area contributed by atoms with Crippen LogP contribution in [0.2, 0.25) is 0 Å². The molecule has 0 amide bonds. The van der Waals surface area contributed by atoms with Crippen LogP contribution in [-0.2, 0) is 4.74 Å². The summed E-state index contributed by atoms with van der Waals surface area (Å²) in [4.78, 5) is 15.4. The van der Waals surface area contributed by atoms with Crippen molar-refractivity contribution < 1.29 is 14.6 Å². The monoisotopic (exact) mass is 246 g/mol. The highest BCUT2D eigenvalue weighted by molar-refractivity contribution is 6.00. The summed E-state index contributed by atoms with van der Waals surface area (Å²) >= 11 is 0. The normalized spacial score (nSPS) is 23.6. The molecule has 1 aromatic carbocycles. The van der Waals surface area contributed by atoms with E-state index >= 15 is 0 Å². The maximum atomic E-state index is 11.1. The Bertz CT molecular complexity index is 605. The van der Waals surface area contributed by atoms with Crippen molar-refractivity contribution in [1.29, 1.82) is 0 Å². The van der Waals surface area contributed by atoms with Gasteiger partial charge >= 0.3 is 5.97 Å². The van der Waals surface area contributed by atoms with Crippen molar-refractivity contribution in [3.05, 3.63) is 30.1 Å². The number of carboxylic acid groups (broad SMARTS) is 1. The molecule has 2 unspecified atom stereocenters. The number of para-hydroxylation sites is 1. The van der Waals surface area contributed by atoms with E-state index in [9.17, 15) is 4.79 Å². The molecule has 1 aromatic heterocycles. The summed E-state index contributed by atoms with van der Waals surface area (Å²) < 4.78 is 7.58. The van der Waals surface area contributed by atoms with E-state index in [-0.39, 0.29) is 17.7 Å². The molecule has 5 nitrogen and oxygen atoms in total. The van der Waals surface area contributed by atoms with Gasteiger partial charge in [0, 0.05) is 6.61 Å². The Morgan fingerprint density at radius 1 is 1.56 bits per heavy atom. The third-order valence-electron chi connectivity index (χ3n) is 3.53. The summed E-state index contributed by atoms with van der Waals surface area (Å²) in [5.74, 6) is -0.943. The number of carboxylic acids is 1. The average Bonchev–Trinajstić information content (AvgIpc) is 2.93. The number of imidazole rings is 1. The molecule has 1 fully saturated rings. The van der Waals surface area contributed by atoms with Gasteiger partial charge in [0.05, 0.1) is 29.6 Å². The van der Waals surface area contributed by atoms with Gasteiger partial charge < -0.3 is 14.4 Å². The van der Waals surface area contributed by atoms with Gasteiger partial charge in [0.1, 0.15) is 5.52 Å². The second-order valence-corrected chi connectivity index (χ2v) is 4.56. The van der Waals surface area contributed by atoms with Crippen molar-refractivity contribution in [2.75, 3.05) is 6.61 Å². The zero-order chi connectivity index (χ0) is 12.7. The van der Waals surface area contributed by atoms with E-state index in [4.69, 9.17) is 9.84 Å². The largest absolute Gasteiger partial charge is 0.478 e. The zero-order valence-electron chi connectivity index (χ0n) is 10.0. The molecular formula is C13H14N2O3. The fraction of sp³-hybridized carbons (Fsp3) is 0.385. The Balaban J connectivity index is 2.15. The molecular weight excluding hydrogens is 232 g/mol. The number of aromatic nitrogens is 2. The molecule has 18 heavy (non-hydrogen) atoms. The number of nitrogens with zero attached hydrogens (tertiary/aromatic N) is 2. The van der Waals surface area contributed by atoms with E-state index in [1.54, 1.807) is 18.5 Å². The molecule has 0 saturated carbocycles. The molecule has 1 aliphatic heterocycles. The molecule has 1 aliphatic rings. The third-order valence-corrected chi connectivity index (χ3v) is 3.53.